The maximum atomic E-state index is 10.8. The minimum atomic E-state index is -0.716. The third-order valence-electron chi connectivity index (χ3n) is 3.75. The van der Waals surface area contributed by atoms with Crippen LogP contribution >= 0.6 is 0 Å². The Morgan fingerprint density at radius 1 is 1.44 bits per heavy atom. The molecule has 0 amide bonds. The number of hydrogen-bond acceptors (Lipinski definition) is 2. The summed E-state index contributed by atoms with van der Waals surface area (Å²) in [5, 5.41) is 8.86. The lowest BCUT2D eigenvalue weighted by Crippen LogP contribution is -2.35. The SMILES string of the molecule is CC(C)N(CCC(=O)O)C1CCc2ccccc21. The number of fused-ring (bicyclic) bond motifs is 1. The van der Waals surface area contributed by atoms with Crippen molar-refractivity contribution in [3.8, 4) is 0 Å². The number of nitrogens with zero attached hydrogens (tertiary/aromatic N) is 1. The van der Waals surface area contributed by atoms with E-state index in [1.54, 1.807) is 0 Å². The first kappa shape index (κ1) is 13.1. The van der Waals surface area contributed by atoms with Crippen molar-refractivity contribution < 1.29 is 9.90 Å². The van der Waals surface area contributed by atoms with Gasteiger partial charge in [-0.15, -0.1) is 0 Å². The quantitative estimate of drug-likeness (QED) is 0.869. The van der Waals surface area contributed by atoms with Gasteiger partial charge in [-0.05, 0) is 37.8 Å². The van der Waals surface area contributed by atoms with Gasteiger partial charge in [-0.3, -0.25) is 9.69 Å². The van der Waals surface area contributed by atoms with E-state index in [-0.39, 0.29) is 6.42 Å². The number of carboxylic acids is 1. The van der Waals surface area contributed by atoms with E-state index in [1.807, 2.05) is 0 Å². The van der Waals surface area contributed by atoms with E-state index in [0.29, 0.717) is 18.6 Å². The Bertz CT molecular complexity index is 428. The number of aliphatic carboxylic acids is 1. The number of carbonyl (C=O) groups is 1. The van der Waals surface area contributed by atoms with E-state index in [0.717, 1.165) is 12.8 Å². The molecule has 1 N–H and O–H groups in total. The third-order valence-corrected chi connectivity index (χ3v) is 3.75. The number of rotatable bonds is 5. The standard InChI is InChI=1S/C15H21NO2/c1-11(2)16(10-9-15(17)18)14-8-7-12-5-3-4-6-13(12)14/h3-6,11,14H,7-10H2,1-2H3,(H,17,18). The molecule has 0 radical (unpaired) electrons. The first-order valence-electron chi connectivity index (χ1n) is 6.65. The van der Waals surface area contributed by atoms with Crippen LogP contribution in [0.3, 0.4) is 0 Å². The van der Waals surface area contributed by atoms with Crippen molar-refractivity contribution in [2.45, 2.75) is 45.2 Å². The molecule has 0 saturated heterocycles. The molecule has 1 aromatic carbocycles. The smallest absolute Gasteiger partial charge is 0.304 e. The molecule has 2 rings (SSSR count). The number of aryl methyl sites for hydroxylation is 1. The van der Waals surface area contributed by atoms with Gasteiger partial charge in [0, 0.05) is 18.6 Å². The molecule has 0 aliphatic heterocycles. The Kier molecular flexibility index (Phi) is 4.02. The molecular weight excluding hydrogens is 226 g/mol. The average molecular weight is 247 g/mol. The van der Waals surface area contributed by atoms with Crippen molar-refractivity contribution in [2.24, 2.45) is 0 Å². The zero-order valence-corrected chi connectivity index (χ0v) is 11.1. The summed E-state index contributed by atoms with van der Waals surface area (Å²) in [5.41, 5.74) is 2.81. The van der Waals surface area contributed by atoms with Crippen LogP contribution in [0.1, 0.15) is 43.9 Å². The highest BCUT2D eigenvalue weighted by atomic mass is 16.4. The Labute approximate surface area is 108 Å². The van der Waals surface area contributed by atoms with Crippen LogP contribution in [0, 0.1) is 0 Å². The fraction of sp³-hybridized carbons (Fsp3) is 0.533. The highest BCUT2D eigenvalue weighted by molar-refractivity contribution is 5.66. The van der Waals surface area contributed by atoms with Gasteiger partial charge >= 0.3 is 5.97 Å². The zero-order valence-electron chi connectivity index (χ0n) is 11.1. The molecule has 1 unspecified atom stereocenters. The van der Waals surface area contributed by atoms with Crippen LogP contribution in [0.5, 0.6) is 0 Å². The lowest BCUT2D eigenvalue weighted by molar-refractivity contribution is -0.137. The predicted molar refractivity (Wildman–Crippen MR) is 71.6 cm³/mol. The minimum Gasteiger partial charge on any atom is -0.481 e. The maximum Gasteiger partial charge on any atom is 0.304 e. The fourth-order valence-electron chi connectivity index (χ4n) is 2.88. The van der Waals surface area contributed by atoms with E-state index in [4.69, 9.17) is 5.11 Å². The number of hydrogen-bond donors (Lipinski definition) is 1. The second-order valence-electron chi connectivity index (χ2n) is 5.23. The Morgan fingerprint density at radius 2 is 2.17 bits per heavy atom. The Morgan fingerprint density at radius 3 is 2.83 bits per heavy atom. The van der Waals surface area contributed by atoms with Crippen molar-refractivity contribution in [1.29, 1.82) is 0 Å². The number of benzene rings is 1. The lowest BCUT2D eigenvalue weighted by atomic mass is 10.1. The molecule has 1 aliphatic rings. The summed E-state index contributed by atoms with van der Waals surface area (Å²) in [6, 6.07) is 9.29. The van der Waals surface area contributed by atoms with Gasteiger partial charge in [0.05, 0.1) is 6.42 Å². The molecule has 98 valence electrons. The molecule has 0 fully saturated rings. The average Bonchev–Trinajstić information content (AvgIpc) is 2.73. The van der Waals surface area contributed by atoms with E-state index >= 15 is 0 Å². The maximum absolute atomic E-state index is 10.8. The third kappa shape index (κ3) is 2.72. The first-order valence-corrected chi connectivity index (χ1v) is 6.65. The predicted octanol–water partition coefficient (Wildman–Crippen LogP) is 2.86. The van der Waals surface area contributed by atoms with Crippen LogP contribution in [0.4, 0.5) is 0 Å². The van der Waals surface area contributed by atoms with Gasteiger partial charge in [-0.2, -0.15) is 0 Å². The topological polar surface area (TPSA) is 40.5 Å². The molecule has 0 bridgehead atoms. The molecular formula is C15H21NO2. The van der Waals surface area contributed by atoms with Gasteiger partial charge in [0.1, 0.15) is 0 Å². The summed E-state index contributed by atoms with van der Waals surface area (Å²) >= 11 is 0. The molecule has 0 aromatic heterocycles. The first-order chi connectivity index (χ1) is 8.59. The molecule has 0 heterocycles. The Balaban J connectivity index is 2.15. The van der Waals surface area contributed by atoms with Crippen molar-refractivity contribution >= 4 is 5.97 Å². The molecule has 3 heteroatoms. The number of carboxylic acid groups (broad SMARTS) is 1. The highest BCUT2D eigenvalue weighted by Crippen LogP contribution is 2.36. The van der Waals surface area contributed by atoms with Crippen molar-refractivity contribution in [3.05, 3.63) is 35.4 Å². The second-order valence-corrected chi connectivity index (χ2v) is 5.23. The van der Waals surface area contributed by atoms with Gasteiger partial charge in [0.25, 0.3) is 0 Å². The van der Waals surface area contributed by atoms with Crippen LogP contribution in [-0.2, 0) is 11.2 Å². The minimum absolute atomic E-state index is 0.219. The van der Waals surface area contributed by atoms with E-state index in [2.05, 4.69) is 43.0 Å². The summed E-state index contributed by atoms with van der Waals surface area (Å²) in [7, 11) is 0. The van der Waals surface area contributed by atoms with Gasteiger partial charge in [-0.1, -0.05) is 24.3 Å². The van der Waals surface area contributed by atoms with Crippen LogP contribution < -0.4 is 0 Å². The monoisotopic (exact) mass is 247 g/mol. The van der Waals surface area contributed by atoms with E-state index in [1.165, 1.54) is 11.1 Å². The van der Waals surface area contributed by atoms with Gasteiger partial charge in [-0.25, -0.2) is 0 Å². The van der Waals surface area contributed by atoms with Gasteiger partial charge in [0.2, 0.25) is 0 Å². The second kappa shape index (κ2) is 5.53. The molecule has 3 nitrogen and oxygen atoms in total. The molecule has 1 atom stereocenters. The highest BCUT2D eigenvalue weighted by Gasteiger charge is 2.29. The molecule has 0 saturated carbocycles. The van der Waals surface area contributed by atoms with E-state index in [9.17, 15) is 4.79 Å². The van der Waals surface area contributed by atoms with Gasteiger partial charge in [0.15, 0.2) is 0 Å². The molecule has 1 aromatic rings. The Hall–Kier alpha value is -1.35. The van der Waals surface area contributed by atoms with Crippen molar-refractivity contribution in [3.63, 3.8) is 0 Å². The molecule has 18 heavy (non-hydrogen) atoms. The zero-order chi connectivity index (χ0) is 13.1. The summed E-state index contributed by atoms with van der Waals surface area (Å²) in [6.45, 7) is 4.91. The summed E-state index contributed by atoms with van der Waals surface area (Å²) in [6.07, 6.45) is 2.44. The summed E-state index contributed by atoms with van der Waals surface area (Å²) in [5.74, 6) is -0.716. The van der Waals surface area contributed by atoms with Crippen molar-refractivity contribution in [2.75, 3.05) is 6.54 Å². The van der Waals surface area contributed by atoms with Gasteiger partial charge < -0.3 is 5.11 Å². The van der Waals surface area contributed by atoms with Crippen LogP contribution in [0.2, 0.25) is 0 Å². The van der Waals surface area contributed by atoms with Crippen molar-refractivity contribution in [1.82, 2.24) is 4.90 Å². The van der Waals surface area contributed by atoms with Crippen LogP contribution in [0.25, 0.3) is 0 Å². The summed E-state index contributed by atoms with van der Waals surface area (Å²) in [4.78, 5) is 13.1. The molecule has 1 aliphatic carbocycles. The van der Waals surface area contributed by atoms with Crippen LogP contribution in [0.15, 0.2) is 24.3 Å². The lowest BCUT2D eigenvalue weighted by Gasteiger charge is -2.32. The largest absolute Gasteiger partial charge is 0.481 e. The fourth-order valence-corrected chi connectivity index (χ4v) is 2.88. The normalized spacial score (nSPS) is 18.3. The van der Waals surface area contributed by atoms with Crippen LogP contribution in [-0.4, -0.2) is 28.6 Å². The van der Waals surface area contributed by atoms with E-state index < -0.39 is 5.97 Å². The molecule has 0 spiro atoms. The summed E-state index contributed by atoms with van der Waals surface area (Å²) < 4.78 is 0.